The predicted molar refractivity (Wildman–Crippen MR) is 148 cm³/mol. The third kappa shape index (κ3) is 5.75. The second-order valence-corrected chi connectivity index (χ2v) is 13.0. The lowest BCUT2D eigenvalue weighted by Gasteiger charge is -2.25. The number of rotatable bonds is 9. The molecule has 3 aromatic heterocycles. The molecule has 6 rings (SSSR count). The summed E-state index contributed by atoms with van der Waals surface area (Å²) in [7, 11) is -2.05. The van der Waals surface area contributed by atoms with E-state index in [0.717, 1.165) is 12.7 Å². The number of nitrogens with zero attached hydrogens (tertiary/aromatic N) is 5. The van der Waals surface area contributed by atoms with Crippen LogP contribution in [0.5, 0.6) is 0 Å². The van der Waals surface area contributed by atoms with Gasteiger partial charge in [-0.15, -0.1) is 0 Å². The number of carbonyl (C=O) groups excluding carboxylic acids is 1. The third-order valence-corrected chi connectivity index (χ3v) is 8.73. The number of ether oxygens (including phenoxy) is 1. The fraction of sp³-hybridized carbons (Fsp3) is 0.429. The van der Waals surface area contributed by atoms with Gasteiger partial charge in [-0.25, -0.2) is 40.9 Å². The molecule has 10 nitrogen and oxygen atoms in total. The maximum Gasteiger partial charge on any atom is 0.295 e. The molecule has 2 fully saturated rings. The van der Waals surface area contributed by atoms with E-state index in [1.807, 2.05) is 0 Å². The van der Waals surface area contributed by atoms with Crippen LogP contribution >= 0.6 is 0 Å². The number of anilines is 2. The van der Waals surface area contributed by atoms with Crippen LogP contribution in [0.1, 0.15) is 49.9 Å². The number of halogens is 4. The highest BCUT2D eigenvalue weighted by molar-refractivity contribution is 7.90. The van der Waals surface area contributed by atoms with Crippen LogP contribution in [0.25, 0.3) is 22.4 Å². The molecule has 1 saturated heterocycles. The van der Waals surface area contributed by atoms with Crippen molar-refractivity contribution in [2.24, 2.45) is 13.0 Å². The molecule has 0 radical (unpaired) electrons. The Morgan fingerprint density at radius 2 is 1.95 bits per heavy atom. The lowest BCUT2D eigenvalue weighted by Crippen LogP contribution is -2.21. The van der Waals surface area contributed by atoms with E-state index in [0.29, 0.717) is 30.7 Å². The number of Topliss-reactive ketones (excluding diaryl/α,β-unsaturated/α-hetero) is 1. The Hall–Kier alpha value is -3.85. The van der Waals surface area contributed by atoms with E-state index in [4.69, 9.17) is 4.74 Å². The van der Waals surface area contributed by atoms with E-state index in [1.165, 1.54) is 22.8 Å². The molecule has 4 heterocycles. The number of aryl methyl sites for hydroxylation is 1. The lowest BCUT2D eigenvalue weighted by molar-refractivity contribution is -0.121. The van der Waals surface area contributed by atoms with Gasteiger partial charge in [0.1, 0.15) is 17.5 Å². The molecule has 1 saturated carbocycles. The molecule has 0 spiro atoms. The summed E-state index contributed by atoms with van der Waals surface area (Å²) in [6, 6.07) is 5.96. The van der Waals surface area contributed by atoms with Gasteiger partial charge in [0.15, 0.2) is 21.3 Å². The zero-order valence-electron chi connectivity index (χ0n) is 23.2. The van der Waals surface area contributed by atoms with Crippen molar-refractivity contribution in [3.8, 4) is 11.3 Å². The quantitative estimate of drug-likeness (QED) is 0.248. The van der Waals surface area contributed by atoms with Crippen molar-refractivity contribution >= 4 is 38.2 Å². The number of pyridine rings is 1. The molecule has 1 N–H and O–H groups in total. The molecule has 2 aliphatic rings. The van der Waals surface area contributed by atoms with E-state index < -0.39 is 58.8 Å². The summed E-state index contributed by atoms with van der Waals surface area (Å²) in [6.45, 7) is 0.341. The van der Waals surface area contributed by atoms with Crippen LogP contribution in [0, 0.1) is 5.92 Å². The van der Waals surface area contributed by atoms with E-state index in [-0.39, 0.29) is 33.1 Å². The Kier molecular flexibility index (Phi) is 7.27. The van der Waals surface area contributed by atoms with E-state index in [2.05, 4.69) is 20.3 Å². The minimum absolute atomic E-state index is 0.00863. The number of ketones is 1. The number of aromatic nitrogens is 5. The van der Waals surface area contributed by atoms with Gasteiger partial charge in [-0.3, -0.25) is 9.36 Å². The van der Waals surface area contributed by atoms with Crippen LogP contribution in [0.15, 0.2) is 41.7 Å². The number of carbonyl (C=O) groups is 1. The smallest absolute Gasteiger partial charge is 0.295 e. The van der Waals surface area contributed by atoms with Gasteiger partial charge in [0.2, 0.25) is 0 Å². The first-order valence-corrected chi connectivity index (χ1v) is 15.5. The van der Waals surface area contributed by atoms with Crippen molar-refractivity contribution in [1.82, 2.24) is 24.1 Å². The average molecular weight is 621 g/mol. The standard InChI is InChI=1S/C28H28F4N6O4S/c1-37-13-20(33-14-37)15-6-7-18(22(9-15)43(2,40)41)35-19-10-16(11-21(39)17-12-28(17,31)32)34-26-24(19)36-27(25(29)30)38(26)23-5-3-4-8-42-23/h6-7,9-10,13-14,17,23,25H,3-5,8,11-12H2,1-2H3,(H,34,35). The molecule has 4 aromatic rings. The molecule has 2 atom stereocenters. The van der Waals surface area contributed by atoms with Gasteiger partial charge in [-0.05, 0) is 37.5 Å². The van der Waals surface area contributed by atoms with Crippen LogP contribution in [-0.4, -0.2) is 57.1 Å². The molecular formula is C28H28F4N6O4S. The fourth-order valence-corrected chi connectivity index (χ4v) is 6.21. The molecule has 1 aromatic carbocycles. The Labute approximate surface area is 244 Å². The number of nitrogens with one attached hydrogen (secondary N) is 1. The maximum absolute atomic E-state index is 14.3. The molecule has 1 aliphatic heterocycles. The van der Waals surface area contributed by atoms with Gasteiger partial charge in [0, 0.05) is 44.5 Å². The number of hydrogen-bond donors (Lipinski definition) is 1. The Bertz CT molecular complexity index is 1830. The molecule has 2 unspecified atom stereocenters. The summed E-state index contributed by atoms with van der Waals surface area (Å²) in [4.78, 5) is 25.4. The number of benzene rings is 1. The summed E-state index contributed by atoms with van der Waals surface area (Å²) >= 11 is 0. The molecule has 0 bridgehead atoms. The van der Waals surface area contributed by atoms with Crippen LogP contribution in [-0.2, 0) is 32.8 Å². The van der Waals surface area contributed by atoms with E-state index in [1.54, 1.807) is 30.2 Å². The first kappa shape index (κ1) is 29.2. The van der Waals surface area contributed by atoms with Crippen molar-refractivity contribution in [1.29, 1.82) is 0 Å². The van der Waals surface area contributed by atoms with Crippen molar-refractivity contribution < 1.29 is 35.5 Å². The third-order valence-electron chi connectivity index (χ3n) is 7.59. The molecular weight excluding hydrogens is 592 g/mol. The number of fused-ring (bicyclic) bond motifs is 1. The fourth-order valence-electron chi connectivity index (χ4n) is 5.35. The van der Waals surface area contributed by atoms with Crippen molar-refractivity contribution in [3.05, 3.63) is 48.3 Å². The lowest BCUT2D eigenvalue weighted by atomic mass is 10.1. The van der Waals surface area contributed by atoms with E-state index >= 15 is 0 Å². The van der Waals surface area contributed by atoms with Crippen molar-refractivity contribution in [2.45, 2.75) is 55.6 Å². The number of sulfone groups is 1. The molecule has 1 aliphatic carbocycles. The number of hydrogen-bond acceptors (Lipinski definition) is 8. The van der Waals surface area contributed by atoms with Crippen molar-refractivity contribution in [2.75, 3.05) is 18.2 Å². The molecule has 15 heteroatoms. The highest BCUT2D eigenvalue weighted by Gasteiger charge is 2.60. The normalized spacial score (nSPS) is 20.1. The monoisotopic (exact) mass is 620 g/mol. The number of alkyl halides is 4. The van der Waals surface area contributed by atoms with Gasteiger partial charge < -0.3 is 14.6 Å². The zero-order chi connectivity index (χ0) is 30.7. The summed E-state index contributed by atoms with van der Waals surface area (Å²) in [6.07, 6.45) is 1.38. The SMILES string of the molecule is Cn1cnc(-c2ccc(Nc3cc(CC(=O)C4CC4(F)F)nc4c3nc(C(F)F)n4C3CCCCO3)c(S(C)(=O)=O)c2)c1. The highest BCUT2D eigenvalue weighted by Crippen LogP contribution is 2.49. The van der Waals surface area contributed by atoms with Gasteiger partial charge in [0.05, 0.1) is 39.9 Å². The van der Waals surface area contributed by atoms with Crippen LogP contribution < -0.4 is 5.32 Å². The summed E-state index contributed by atoms with van der Waals surface area (Å²) < 4.78 is 90.3. The summed E-state index contributed by atoms with van der Waals surface area (Å²) in [5.74, 6) is -5.85. The Morgan fingerprint density at radius 3 is 2.56 bits per heavy atom. The minimum atomic E-state index is -3.82. The first-order chi connectivity index (χ1) is 20.3. The second kappa shape index (κ2) is 10.7. The minimum Gasteiger partial charge on any atom is -0.358 e. The Morgan fingerprint density at radius 1 is 1.19 bits per heavy atom. The van der Waals surface area contributed by atoms with Crippen molar-refractivity contribution in [3.63, 3.8) is 0 Å². The van der Waals surface area contributed by atoms with Crippen LogP contribution in [0.3, 0.4) is 0 Å². The van der Waals surface area contributed by atoms with Crippen LogP contribution in [0.4, 0.5) is 28.9 Å². The average Bonchev–Trinajstić information content (AvgIpc) is 3.24. The van der Waals surface area contributed by atoms with Gasteiger partial charge in [0.25, 0.3) is 12.3 Å². The second-order valence-electron chi connectivity index (χ2n) is 11.0. The van der Waals surface area contributed by atoms with Crippen LogP contribution in [0.2, 0.25) is 0 Å². The molecule has 43 heavy (non-hydrogen) atoms. The predicted octanol–water partition coefficient (Wildman–Crippen LogP) is 5.38. The Balaban J connectivity index is 1.49. The number of imidazole rings is 2. The molecule has 0 amide bonds. The summed E-state index contributed by atoms with van der Waals surface area (Å²) in [5.41, 5.74) is 1.28. The van der Waals surface area contributed by atoms with Gasteiger partial charge in [-0.2, -0.15) is 0 Å². The van der Waals surface area contributed by atoms with Gasteiger partial charge >= 0.3 is 0 Å². The topological polar surface area (TPSA) is 121 Å². The maximum atomic E-state index is 14.3. The highest BCUT2D eigenvalue weighted by atomic mass is 32.2. The van der Waals surface area contributed by atoms with E-state index in [9.17, 15) is 30.8 Å². The summed E-state index contributed by atoms with van der Waals surface area (Å²) in [5, 5.41) is 3.00. The molecule has 228 valence electrons. The zero-order valence-corrected chi connectivity index (χ0v) is 24.0. The largest absolute Gasteiger partial charge is 0.358 e. The van der Waals surface area contributed by atoms with Gasteiger partial charge in [-0.1, -0.05) is 6.07 Å². The first-order valence-electron chi connectivity index (χ1n) is 13.6.